The Labute approximate surface area is 216 Å². The third-order valence-corrected chi connectivity index (χ3v) is 7.26. The van der Waals surface area contributed by atoms with E-state index in [9.17, 15) is 4.79 Å². The van der Waals surface area contributed by atoms with E-state index >= 15 is 0 Å². The highest BCUT2D eigenvalue weighted by molar-refractivity contribution is 7.98. The second-order valence-electron chi connectivity index (χ2n) is 7.64. The van der Waals surface area contributed by atoms with E-state index < -0.39 is 0 Å². The molecule has 5 aromatic rings. The molecule has 0 saturated carbocycles. The van der Waals surface area contributed by atoms with Crippen molar-refractivity contribution < 1.29 is 9.53 Å². The zero-order chi connectivity index (χ0) is 24.7. The minimum atomic E-state index is -0.192. The largest absolute Gasteiger partial charge is 0.495 e. The SMILES string of the molecule is COc1ccccc1-n1c(SCc2nc(C(=O)NCc3ccccc3)cs2)nnc1-c1cccnc1. The van der Waals surface area contributed by atoms with E-state index in [1.165, 1.54) is 23.1 Å². The second-order valence-corrected chi connectivity index (χ2v) is 9.52. The van der Waals surface area contributed by atoms with Crippen LogP contribution in [0.25, 0.3) is 17.1 Å². The molecule has 180 valence electrons. The zero-order valence-corrected chi connectivity index (χ0v) is 21.0. The second kappa shape index (κ2) is 11.1. The summed E-state index contributed by atoms with van der Waals surface area (Å²) in [6.07, 6.45) is 3.48. The molecule has 3 heterocycles. The van der Waals surface area contributed by atoms with Crippen molar-refractivity contribution in [1.29, 1.82) is 0 Å². The number of ether oxygens (including phenoxy) is 1. The Hall–Kier alpha value is -4.02. The van der Waals surface area contributed by atoms with Gasteiger partial charge in [0, 0.05) is 29.9 Å². The van der Waals surface area contributed by atoms with Gasteiger partial charge >= 0.3 is 0 Å². The van der Waals surface area contributed by atoms with Gasteiger partial charge in [0.25, 0.3) is 5.91 Å². The fourth-order valence-corrected chi connectivity index (χ4v) is 5.29. The molecular formula is C26H22N6O2S2. The molecule has 0 radical (unpaired) electrons. The number of carbonyl (C=O) groups is 1. The number of hydrogen-bond acceptors (Lipinski definition) is 8. The summed E-state index contributed by atoms with van der Waals surface area (Å²) < 4.78 is 7.57. The van der Waals surface area contributed by atoms with Gasteiger partial charge in [-0.15, -0.1) is 21.5 Å². The van der Waals surface area contributed by atoms with Gasteiger partial charge in [-0.2, -0.15) is 0 Å². The summed E-state index contributed by atoms with van der Waals surface area (Å²) in [5.41, 5.74) is 3.12. The van der Waals surface area contributed by atoms with Crippen LogP contribution in [0.3, 0.4) is 0 Å². The van der Waals surface area contributed by atoms with Crippen LogP contribution in [0.15, 0.2) is 89.7 Å². The third kappa shape index (κ3) is 5.29. The highest BCUT2D eigenvalue weighted by atomic mass is 32.2. The first kappa shape index (κ1) is 23.7. The molecule has 0 fully saturated rings. The van der Waals surface area contributed by atoms with Gasteiger partial charge in [0.1, 0.15) is 16.5 Å². The maximum atomic E-state index is 12.6. The molecule has 3 aromatic heterocycles. The lowest BCUT2D eigenvalue weighted by molar-refractivity contribution is 0.0946. The molecule has 5 rings (SSSR count). The maximum absolute atomic E-state index is 12.6. The Balaban J connectivity index is 1.35. The number of thiazole rings is 1. The van der Waals surface area contributed by atoms with Crippen molar-refractivity contribution >= 4 is 29.0 Å². The zero-order valence-electron chi connectivity index (χ0n) is 19.4. The number of aromatic nitrogens is 5. The van der Waals surface area contributed by atoms with Crippen LogP contribution in [0.2, 0.25) is 0 Å². The number of nitrogens with one attached hydrogen (secondary N) is 1. The van der Waals surface area contributed by atoms with Gasteiger partial charge in [-0.25, -0.2) is 4.98 Å². The van der Waals surface area contributed by atoms with E-state index in [-0.39, 0.29) is 5.91 Å². The monoisotopic (exact) mass is 514 g/mol. The number of amides is 1. The molecule has 10 heteroatoms. The van der Waals surface area contributed by atoms with Crippen LogP contribution in [-0.4, -0.2) is 37.7 Å². The highest BCUT2D eigenvalue weighted by Gasteiger charge is 2.20. The van der Waals surface area contributed by atoms with Crippen molar-refractivity contribution in [3.8, 4) is 22.8 Å². The Bertz CT molecular complexity index is 1450. The van der Waals surface area contributed by atoms with Gasteiger partial charge in [-0.1, -0.05) is 54.2 Å². The predicted molar refractivity (Wildman–Crippen MR) is 140 cm³/mol. The summed E-state index contributed by atoms with van der Waals surface area (Å²) in [5.74, 6) is 1.71. The number of nitrogens with zero attached hydrogens (tertiary/aromatic N) is 5. The maximum Gasteiger partial charge on any atom is 0.271 e. The Morgan fingerprint density at radius 1 is 1.06 bits per heavy atom. The van der Waals surface area contributed by atoms with E-state index in [2.05, 4.69) is 25.5 Å². The van der Waals surface area contributed by atoms with Crippen LogP contribution < -0.4 is 10.1 Å². The smallest absolute Gasteiger partial charge is 0.271 e. The lowest BCUT2D eigenvalue weighted by Crippen LogP contribution is -2.23. The topological polar surface area (TPSA) is 94.8 Å². The van der Waals surface area contributed by atoms with Crippen molar-refractivity contribution in [3.63, 3.8) is 0 Å². The van der Waals surface area contributed by atoms with Crippen molar-refractivity contribution in [3.05, 3.63) is 101 Å². The Kier molecular flexibility index (Phi) is 7.34. The molecule has 0 saturated heterocycles. The first-order chi connectivity index (χ1) is 17.7. The highest BCUT2D eigenvalue weighted by Crippen LogP contribution is 2.33. The third-order valence-electron chi connectivity index (χ3n) is 5.28. The number of thioether (sulfide) groups is 1. The average Bonchev–Trinajstić information content (AvgIpc) is 3.59. The van der Waals surface area contributed by atoms with Gasteiger partial charge in [-0.05, 0) is 29.8 Å². The molecule has 0 unspecified atom stereocenters. The van der Waals surface area contributed by atoms with Crippen molar-refractivity contribution in [2.24, 2.45) is 0 Å². The lowest BCUT2D eigenvalue weighted by Gasteiger charge is -2.13. The fourth-order valence-electron chi connectivity index (χ4n) is 3.55. The van der Waals surface area contributed by atoms with E-state index in [1.807, 2.05) is 71.3 Å². The lowest BCUT2D eigenvalue weighted by atomic mass is 10.2. The fraction of sp³-hybridized carbons (Fsp3) is 0.115. The molecular weight excluding hydrogens is 492 g/mol. The van der Waals surface area contributed by atoms with E-state index in [0.29, 0.717) is 34.7 Å². The molecule has 8 nitrogen and oxygen atoms in total. The Morgan fingerprint density at radius 2 is 1.89 bits per heavy atom. The summed E-state index contributed by atoms with van der Waals surface area (Å²) in [6, 6.07) is 21.3. The summed E-state index contributed by atoms with van der Waals surface area (Å²) >= 11 is 2.94. The summed E-state index contributed by atoms with van der Waals surface area (Å²) in [4.78, 5) is 21.3. The van der Waals surface area contributed by atoms with Gasteiger partial charge in [0.2, 0.25) is 0 Å². The molecule has 2 aromatic carbocycles. The minimum absolute atomic E-state index is 0.192. The van der Waals surface area contributed by atoms with Gasteiger partial charge in [0.05, 0.1) is 18.6 Å². The van der Waals surface area contributed by atoms with Crippen molar-refractivity contribution in [2.45, 2.75) is 17.5 Å². The van der Waals surface area contributed by atoms with Gasteiger partial charge in [-0.3, -0.25) is 14.3 Å². The van der Waals surface area contributed by atoms with Crippen LogP contribution in [0, 0.1) is 0 Å². The number of pyridine rings is 1. The Morgan fingerprint density at radius 3 is 2.69 bits per heavy atom. The number of rotatable bonds is 9. The molecule has 0 aliphatic heterocycles. The van der Waals surface area contributed by atoms with Crippen molar-refractivity contribution in [1.82, 2.24) is 30.0 Å². The predicted octanol–water partition coefficient (Wildman–Crippen LogP) is 5.02. The number of hydrogen-bond donors (Lipinski definition) is 1. The van der Waals surface area contributed by atoms with Crippen LogP contribution in [0.5, 0.6) is 5.75 Å². The van der Waals surface area contributed by atoms with Crippen LogP contribution >= 0.6 is 23.1 Å². The van der Waals surface area contributed by atoms with Crippen molar-refractivity contribution in [2.75, 3.05) is 7.11 Å². The number of benzene rings is 2. The van der Waals surface area contributed by atoms with E-state index in [1.54, 1.807) is 24.9 Å². The first-order valence-electron chi connectivity index (χ1n) is 11.1. The minimum Gasteiger partial charge on any atom is -0.495 e. The molecule has 1 N–H and O–H groups in total. The molecule has 0 aliphatic carbocycles. The summed E-state index contributed by atoms with van der Waals surface area (Å²) in [7, 11) is 1.64. The molecule has 1 amide bonds. The number of para-hydroxylation sites is 2. The molecule has 0 atom stereocenters. The molecule has 36 heavy (non-hydrogen) atoms. The quantitative estimate of drug-likeness (QED) is 0.276. The molecule has 0 bridgehead atoms. The van der Waals surface area contributed by atoms with Crippen LogP contribution in [-0.2, 0) is 12.3 Å². The first-order valence-corrected chi connectivity index (χ1v) is 13.0. The summed E-state index contributed by atoms with van der Waals surface area (Å²) in [6.45, 7) is 0.459. The summed E-state index contributed by atoms with van der Waals surface area (Å²) in [5, 5.41) is 15.1. The standard InChI is InChI=1S/C26H22N6O2S2/c1-34-22-12-6-5-11-21(22)32-24(19-10-7-13-27-15-19)30-31-26(32)36-17-23-29-20(16-35-23)25(33)28-14-18-8-3-2-4-9-18/h2-13,15-16H,14,17H2,1H3,(H,28,33). The average molecular weight is 515 g/mol. The van der Waals surface area contributed by atoms with Crippen LogP contribution in [0.4, 0.5) is 0 Å². The van der Waals surface area contributed by atoms with E-state index in [4.69, 9.17) is 4.74 Å². The van der Waals surface area contributed by atoms with E-state index in [0.717, 1.165) is 21.8 Å². The molecule has 0 aliphatic rings. The molecule has 0 spiro atoms. The number of methoxy groups -OCH3 is 1. The van der Waals surface area contributed by atoms with Crippen LogP contribution in [0.1, 0.15) is 21.1 Å². The van der Waals surface area contributed by atoms with Gasteiger partial charge < -0.3 is 10.1 Å². The van der Waals surface area contributed by atoms with Gasteiger partial charge in [0.15, 0.2) is 11.0 Å². The number of carbonyl (C=O) groups excluding carboxylic acids is 1. The normalized spacial score (nSPS) is 10.8.